The van der Waals surface area contributed by atoms with E-state index in [1.807, 2.05) is 19.1 Å². The van der Waals surface area contributed by atoms with Crippen LogP contribution in [-0.4, -0.2) is 31.8 Å². The van der Waals surface area contributed by atoms with Gasteiger partial charge in [0.1, 0.15) is 0 Å². The fraction of sp³-hybridized carbons (Fsp3) is 0.333. The van der Waals surface area contributed by atoms with E-state index in [-0.39, 0.29) is 0 Å². The monoisotopic (exact) mass is 278 g/mol. The van der Waals surface area contributed by atoms with Gasteiger partial charge < -0.3 is 15.3 Å². The van der Waals surface area contributed by atoms with Crippen LogP contribution in [-0.2, 0) is 4.79 Å². The van der Waals surface area contributed by atoms with Crippen LogP contribution in [0.3, 0.4) is 0 Å². The molecule has 84 valence electrons. The Bertz CT molecular complexity index is 302. The second kappa shape index (κ2) is 5.55. The lowest BCUT2D eigenvalue weighted by atomic mass is 9.90. The molecule has 15 heavy (non-hydrogen) atoms. The Morgan fingerprint density at radius 3 is 2.00 bits per heavy atom. The molecule has 0 spiro atoms. The Morgan fingerprint density at radius 1 is 1.27 bits per heavy atom. The molecule has 0 aromatic carbocycles. The number of alkyl halides is 1. The number of aliphatic carboxylic acids is 1. The number of hydrogen-bond acceptors (Lipinski definition) is 2. The van der Waals surface area contributed by atoms with Crippen molar-refractivity contribution in [3.8, 4) is 0 Å². The normalized spacial score (nSPS) is 27.7. The van der Waals surface area contributed by atoms with Crippen molar-refractivity contribution in [3.63, 3.8) is 0 Å². The van der Waals surface area contributed by atoms with Gasteiger partial charge in [-0.15, -0.1) is 0 Å². The maximum absolute atomic E-state index is 10.7. The summed E-state index contributed by atoms with van der Waals surface area (Å²) in [6.45, 7) is 1.84. The van der Waals surface area contributed by atoms with E-state index in [4.69, 9.17) is 20.1 Å². The highest BCUT2D eigenvalue weighted by Crippen LogP contribution is 2.32. The van der Waals surface area contributed by atoms with Gasteiger partial charge in [0.15, 0.2) is 0 Å². The molecular formula is C9H11BrO5. The van der Waals surface area contributed by atoms with E-state index in [0.717, 1.165) is 0 Å². The third kappa shape index (κ3) is 5.21. The van der Waals surface area contributed by atoms with Crippen LogP contribution < -0.4 is 0 Å². The molecule has 3 N–H and O–H groups in total. The number of carbonyl (C=O) groups is 2. The van der Waals surface area contributed by atoms with Gasteiger partial charge in [-0.1, -0.05) is 40.2 Å². The topological polar surface area (TPSA) is 94.8 Å². The van der Waals surface area contributed by atoms with Crippen LogP contribution in [0.4, 0.5) is 4.79 Å². The zero-order valence-electron chi connectivity index (χ0n) is 7.92. The molecule has 5 nitrogen and oxygen atoms in total. The molecular weight excluding hydrogens is 268 g/mol. The van der Waals surface area contributed by atoms with Crippen LogP contribution in [0.2, 0.25) is 0 Å². The quantitative estimate of drug-likeness (QED) is 0.639. The molecule has 1 aliphatic carbocycles. The standard InChI is InChI=1S/C8H9BrO2.CH2O3/c1-8(9)5-3-2-4-6(8)7(10)11;2-1(3)4/h2-6H,1H3,(H,10,11);(H2,2,3,4). The van der Waals surface area contributed by atoms with E-state index in [1.165, 1.54) is 0 Å². The second-order valence-corrected chi connectivity index (χ2v) is 4.70. The minimum Gasteiger partial charge on any atom is -0.481 e. The van der Waals surface area contributed by atoms with E-state index in [0.29, 0.717) is 0 Å². The summed E-state index contributed by atoms with van der Waals surface area (Å²) in [5, 5.41) is 22.7. The third-order valence-electron chi connectivity index (χ3n) is 1.71. The van der Waals surface area contributed by atoms with Crippen LogP contribution >= 0.6 is 15.9 Å². The first-order valence-electron chi connectivity index (χ1n) is 3.97. The molecule has 0 bridgehead atoms. The van der Waals surface area contributed by atoms with Crippen molar-refractivity contribution in [1.29, 1.82) is 0 Å². The van der Waals surface area contributed by atoms with Crippen molar-refractivity contribution >= 4 is 28.1 Å². The Hall–Kier alpha value is -1.30. The van der Waals surface area contributed by atoms with Crippen LogP contribution in [0.15, 0.2) is 24.3 Å². The molecule has 2 atom stereocenters. The van der Waals surface area contributed by atoms with Crippen LogP contribution in [0.5, 0.6) is 0 Å². The van der Waals surface area contributed by atoms with Crippen molar-refractivity contribution in [2.24, 2.45) is 5.92 Å². The summed E-state index contributed by atoms with van der Waals surface area (Å²) in [6, 6.07) is 0. The van der Waals surface area contributed by atoms with E-state index in [2.05, 4.69) is 15.9 Å². The Labute approximate surface area is 94.9 Å². The highest BCUT2D eigenvalue weighted by Gasteiger charge is 2.33. The van der Waals surface area contributed by atoms with Gasteiger partial charge in [0.25, 0.3) is 0 Å². The number of allylic oxidation sites excluding steroid dienone is 3. The summed E-state index contributed by atoms with van der Waals surface area (Å²) < 4.78 is -0.437. The van der Waals surface area contributed by atoms with Crippen LogP contribution in [0.1, 0.15) is 6.92 Å². The minimum atomic E-state index is -1.83. The number of carboxylic acids is 1. The molecule has 1 rings (SSSR count). The number of hydrogen-bond donors (Lipinski definition) is 3. The van der Waals surface area contributed by atoms with Gasteiger partial charge in [-0.2, -0.15) is 0 Å². The van der Waals surface area contributed by atoms with Gasteiger partial charge in [0.05, 0.1) is 10.2 Å². The van der Waals surface area contributed by atoms with E-state index >= 15 is 0 Å². The number of rotatable bonds is 1. The lowest BCUT2D eigenvalue weighted by Gasteiger charge is -2.25. The summed E-state index contributed by atoms with van der Waals surface area (Å²) in [5.74, 6) is -1.27. The van der Waals surface area contributed by atoms with E-state index < -0.39 is 22.4 Å². The van der Waals surface area contributed by atoms with Crippen molar-refractivity contribution in [2.75, 3.05) is 0 Å². The van der Waals surface area contributed by atoms with Gasteiger partial charge in [-0.3, -0.25) is 4.79 Å². The van der Waals surface area contributed by atoms with Crippen molar-refractivity contribution in [3.05, 3.63) is 24.3 Å². The molecule has 0 saturated heterocycles. The summed E-state index contributed by atoms with van der Waals surface area (Å²) >= 11 is 3.34. The Balaban J connectivity index is 0.000000423. The fourth-order valence-electron chi connectivity index (χ4n) is 1.03. The molecule has 0 aromatic heterocycles. The molecule has 0 aromatic rings. The summed E-state index contributed by atoms with van der Waals surface area (Å²) in [7, 11) is 0. The molecule has 0 saturated carbocycles. The predicted octanol–water partition coefficient (Wildman–Crippen LogP) is 2.19. The zero-order valence-corrected chi connectivity index (χ0v) is 9.51. The molecule has 0 radical (unpaired) electrons. The first kappa shape index (κ1) is 13.7. The summed E-state index contributed by atoms with van der Waals surface area (Å²) in [5.41, 5.74) is 0. The average molecular weight is 279 g/mol. The molecule has 0 aliphatic heterocycles. The lowest BCUT2D eigenvalue weighted by molar-refractivity contribution is -0.140. The van der Waals surface area contributed by atoms with E-state index in [9.17, 15) is 4.79 Å². The van der Waals surface area contributed by atoms with Gasteiger partial charge in [0, 0.05) is 0 Å². The molecule has 2 unspecified atom stereocenters. The average Bonchev–Trinajstić information content (AvgIpc) is 2.01. The maximum atomic E-state index is 10.7. The lowest BCUT2D eigenvalue weighted by Crippen LogP contribution is -2.32. The smallest absolute Gasteiger partial charge is 0.481 e. The Morgan fingerprint density at radius 2 is 1.73 bits per heavy atom. The molecule has 0 heterocycles. The van der Waals surface area contributed by atoms with Gasteiger partial charge in [0.2, 0.25) is 0 Å². The summed E-state index contributed by atoms with van der Waals surface area (Å²) in [6.07, 6.45) is 5.28. The number of halogens is 1. The van der Waals surface area contributed by atoms with Crippen molar-refractivity contribution < 1.29 is 24.9 Å². The first-order chi connectivity index (χ1) is 6.77. The second-order valence-electron chi connectivity index (χ2n) is 2.99. The van der Waals surface area contributed by atoms with E-state index in [1.54, 1.807) is 12.2 Å². The van der Waals surface area contributed by atoms with Gasteiger partial charge in [-0.25, -0.2) is 4.79 Å². The highest BCUT2D eigenvalue weighted by molar-refractivity contribution is 9.10. The molecule has 6 heteroatoms. The van der Waals surface area contributed by atoms with Gasteiger partial charge >= 0.3 is 12.1 Å². The van der Waals surface area contributed by atoms with Crippen LogP contribution in [0, 0.1) is 5.92 Å². The number of carboxylic acid groups (broad SMARTS) is 3. The largest absolute Gasteiger partial charge is 0.503 e. The maximum Gasteiger partial charge on any atom is 0.503 e. The highest BCUT2D eigenvalue weighted by atomic mass is 79.9. The van der Waals surface area contributed by atoms with Crippen molar-refractivity contribution in [1.82, 2.24) is 0 Å². The minimum absolute atomic E-state index is 0.437. The predicted molar refractivity (Wildman–Crippen MR) is 57.4 cm³/mol. The third-order valence-corrected chi connectivity index (χ3v) is 2.47. The Kier molecular flexibility index (Phi) is 5.07. The fourth-order valence-corrected chi connectivity index (χ4v) is 1.54. The van der Waals surface area contributed by atoms with Gasteiger partial charge in [-0.05, 0) is 6.92 Å². The molecule has 0 fully saturated rings. The SMILES string of the molecule is CC1(Br)C=CC=CC1C(=O)O.O=C(O)O. The molecule has 1 aliphatic rings. The zero-order chi connectivity index (χ0) is 12.1. The summed E-state index contributed by atoms with van der Waals surface area (Å²) in [4.78, 5) is 19.2. The van der Waals surface area contributed by atoms with Crippen molar-refractivity contribution in [2.45, 2.75) is 11.2 Å². The first-order valence-corrected chi connectivity index (χ1v) is 4.76. The van der Waals surface area contributed by atoms with Crippen LogP contribution in [0.25, 0.3) is 0 Å². The molecule has 0 amide bonds.